The van der Waals surface area contributed by atoms with E-state index >= 15 is 0 Å². The normalized spacial score (nSPS) is 17.3. The molecule has 3 aromatic rings. The van der Waals surface area contributed by atoms with E-state index in [0.29, 0.717) is 28.4 Å². The van der Waals surface area contributed by atoms with Gasteiger partial charge in [-0.05, 0) is 54.1 Å². The lowest BCUT2D eigenvalue weighted by Crippen LogP contribution is -2.43. The van der Waals surface area contributed by atoms with E-state index in [0.717, 1.165) is 10.0 Å². The zero-order chi connectivity index (χ0) is 19.3. The first-order valence-electron chi connectivity index (χ1n) is 8.65. The fraction of sp³-hybridized carbons (Fsp3) is 0.0952. The zero-order valence-electron chi connectivity index (χ0n) is 14.5. The second-order valence-electron chi connectivity index (χ2n) is 6.50. The van der Waals surface area contributed by atoms with Crippen molar-refractivity contribution in [3.05, 3.63) is 82.1 Å². The number of amides is 1. The molecule has 1 amide bonds. The number of carbonyl (C=O) groups excluding carboxylic acids is 1. The van der Waals surface area contributed by atoms with Crippen LogP contribution in [-0.4, -0.2) is 12.7 Å². The van der Waals surface area contributed by atoms with Crippen LogP contribution in [0.5, 0.6) is 11.5 Å². The zero-order valence-corrected chi connectivity index (χ0v) is 16.1. The summed E-state index contributed by atoms with van der Waals surface area (Å²) in [7, 11) is 0. The second-order valence-corrected chi connectivity index (χ2v) is 7.42. The van der Waals surface area contributed by atoms with Crippen molar-refractivity contribution in [1.82, 2.24) is 0 Å². The molecular formula is C21H14BrFN2O3. The van der Waals surface area contributed by atoms with Gasteiger partial charge in [0, 0.05) is 15.8 Å². The van der Waals surface area contributed by atoms with Gasteiger partial charge in [-0.2, -0.15) is 0 Å². The molecule has 3 aromatic carbocycles. The predicted octanol–water partition coefficient (Wildman–Crippen LogP) is 5.09. The quantitative estimate of drug-likeness (QED) is 0.602. The average molecular weight is 441 g/mol. The van der Waals surface area contributed by atoms with Crippen molar-refractivity contribution in [3.8, 4) is 11.5 Å². The largest absolute Gasteiger partial charge is 0.454 e. The van der Waals surface area contributed by atoms with Gasteiger partial charge in [0.25, 0.3) is 5.91 Å². The molecule has 0 aliphatic carbocycles. The van der Waals surface area contributed by atoms with E-state index in [9.17, 15) is 9.18 Å². The van der Waals surface area contributed by atoms with Gasteiger partial charge in [0.2, 0.25) is 6.79 Å². The lowest BCUT2D eigenvalue weighted by atomic mass is 10.0. The van der Waals surface area contributed by atoms with Gasteiger partial charge in [0.1, 0.15) is 12.0 Å². The van der Waals surface area contributed by atoms with Crippen LogP contribution >= 0.6 is 15.9 Å². The maximum atomic E-state index is 13.9. The van der Waals surface area contributed by atoms with Crippen molar-refractivity contribution in [2.75, 3.05) is 17.0 Å². The van der Waals surface area contributed by atoms with Gasteiger partial charge in [-0.3, -0.25) is 9.69 Å². The maximum absolute atomic E-state index is 13.9. The number of anilines is 2. The Bertz CT molecular complexity index is 1100. The topological polar surface area (TPSA) is 50.8 Å². The number of hydrogen-bond acceptors (Lipinski definition) is 4. The molecule has 7 heteroatoms. The van der Waals surface area contributed by atoms with E-state index in [2.05, 4.69) is 21.2 Å². The van der Waals surface area contributed by atoms with Gasteiger partial charge < -0.3 is 14.8 Å². The standard InChI is InChI=1S/C21H14BrFN2O3/c22-13-5-6-17-16(9-13)21(26)25(15-3-1-2-14(23)10-15)20(24-17)12-4-7-18-19(8-12)28-11-27-18/h1-10,20,24H,11H2. The lowest BCUT2D eigenvalue weighted by molar-refractivity contribution is 0.0974. The van der Waals surface area contributed by atoms with Gasteiger partial charge in [-0.25, -0.2) is 4.39 Å². The third-order valence-electron chi connectivity index (χ3n) is 4.78. The van der Waals surface area contributed by atoms with Crippen molar-refractivity contribution < 1.29 is 18.7 Å². The Hall–Kier alpha value is -3.06. The van der Waals surface area contributed by atoms with Crippen molar-refractivity contribution in [3.63, 3.8) is 0 Å². The molecule has 28 heavy (non-hydrogen) atoms. The summed E-state index contributed by atoms with van der Waals surface area (Å²) >= 11 is 3.41. The molecule has 1 atom stereocenters. The van der Waals surface area contributed by atoms with Crippen LogP contribution in [0.2, 0.25) is 0 Å². The molecule has 2 aliphatic rings. The maximum Gasteiger partial charge on any atom is 0.262 e. The van der Waals surface area contributed by atoms with E-state index in [4.69, 9.17) is 9.47 Å². The van der Waals surface area contributed by atoms with Crippen molar-refractivity contribution in [1.29, 1.82) is 0 Å². The third kappa shape index (κ3) is 2.79. The van der Waals surface area contributed by atoms with Crippen LogP contribution < -0.4 is 19.7 Å². The Morgan fingerprint density at radius 3 is 2.75 bits per heavy atom. The number of rotatable bonds is 2. The first-order chi connectivity index (χ1) is 13.6. The molecule has 2 heterocycles. The SMILES string of the molecule is O=C1c2cc(Br)ccc2NC(c2ccc3c(c2)OCO3)N1c1cccc(F)c1. The summed E-state index contributed by atoms with van der Waals surface area (Å²) in [6.07, 6.45) is -0.530. The summed E-state index contributed by atoms with van der Waals surface area (Å²) in [5.41, 5.74) is 2.49. The molecule has 5 nitrogen and oxygen atoms in total. The highest BCUT2D eigenvalue weighted by Gasteiger charge is 2.35. The fourth-order valence-corrected chi connectivity index (χ4v) is 3.85. The predicted molar refractivity (Wildman–Crippen MR) is 106 cm³/mol. The van der Waals surface area contributed by atoms with Gasteiger partial charge in [0.15, 0.2) is 11.5 Å². The molecule has 1 unspecified atom stereocenters. The second kappa shape index (κ2) is 6.53. The smallest absolute Gasteiger partial charge is 0.262 e. The number of fused-ring (bicyclic) bond motifs is 2. The molecule has 0 saturated heterocycles. The Morgan fingerprint density at radius 2 is 1.89 bits per heavy atom. The monoisotopic (exact) mass is 440 g/mol. The summed E-state index contributed by atoms with van der Waals surface area (Å²) < 4.78 is 25.6. The molecule has 0 fully saturated rings. The van der Waals surface area contributed by atoms with Crippen molar-refractivity contribution >= 4 is 33.2 Å². The summed E-state index contributed by atoms with van der Waals surface area (Å²) in [5, 5.41) is 3.40. The van der Waals surface area contributed by atoms with E-state index in [1.165, 1.54) is 12.1 Å². The van der Waals surface area contributed by atoms with Gasteiger partial charge >= 0.3 is 0 Å². The van der Waals surface area contributed by atoms with Crippen LogP contribution in [0.3, 0.4) is 0 Å². The molecule has 0 bridgehead atoms. The highest BCUT2D eigenvalue weighted by molar-refractivity contribution is 9.10. The number of nitrogens with zero attached hydrogens (tertiary/aromatic N) is 1. The minimum absolute atomic E-state index is 0.167. The van der Waals surface area contributed by atoms with Crippen LogP contribution in [-0.2, 0) is 0 Å². The minimum atomic E-state index is -0.530. The number of nitrogens with one attached hydrogen (secondary N) is 1. The van der Waals surface area contributed by atoms with E-state index in [1.807, 2.05) is 30.3 Å². The summed E-state index contributed by atoms with van der Waals surface area (Å²) in [6.45, 7) is 0.167. The summed E-state index contributed by atoms with van der Waals surface area (Å²) in [5.74, 6) is 0.651. The Morgan fingerprint density at radius 1 is 1.04 bits per heavy atom. The van der Waals surface area contributed by atoms with E-state index in [-0.39, 0.29) is 12.7 Å². The van der Waals surface area contributed by atoms with Gasteiger partial charge in [-0.1, -0.05) is 28.1 Å². The first-order valence-corrected chi connectivity index (χ1v) is 9.44. The lowest BCUT2D eigenvalue weighted by Gasteiger charge is -2.38. The molecule has 140 valence electrons. The highest BCUT2D eigenvalue weighted by Crippen LogP contribution is 2.41. The molecule has 0 aromatic heterocycles. The Kier molecular flexibility index (Phi) is 3.98. The Labute approximate surface area is 168 Å². The van der Waals surface area contributed by atoms with Crippen LogP contribution in [0, 0.1) is 5.82 Å². The first kappa shape index (κ1) is 17.1. The van der Waals surface area contributed by atoms with Crippen LogP contribution in [0.15, 0.2) is 65.1 Å². The highest BCUT2D eigenvalue weighted by atomic mass is 79.9. The molecule has 0 saturated carbocycles. The Balaban J connectivity index is 1.66. The molecule has 5 rings (SSSR count). The number of ether oxygens (including phenoxy) is 2. The molecule has 1 N–H and O–H groups in total. The van der Waals surface area contributed by atoms with E-state index in [1.54, 1.807) is 23.1 Å². The van der Waals surface area contributed by atoms with Crippen LogP contribution in [0.4, 0.5) is 15.8 Å². The van der Waals surface area contributed by atoms with Crippen LogP contribution in [0.1, 0.15) is 22.1 Å². The van der Waals surface area contributed by atoms with Crippen LogP contribution in [0.25, 0.3) is 0 Å². The number of carbonyl (C=O) groups is 1. The molecule has 0 radical (unpaired) electrons. The molecule has 0 spiro atoms. The average Bonchev–Trinajstić information content (AvgIpc) is 3.16. The fourth-order valence-electron chi connectivity index (χ4n) is 3.49. The molecular weight excluding hydrogens is 427 g/mol. The van der Waals surface area contributed by atoms with E-state index < -0.39 is 12.0 Å². The summed E-state index contributed by atoms with van der Waals surface area (Å²) in [4.78, 5) is 14.9. The van der Waals surface area contributed by atoms with Gasteiger partial charge in [-0.15, -0.1) is 0 Å². The number of halogens is 2. The minimum Gasteiger partial charge on any atom is -0.454 e. The number of hydrogen-bond donors (Lipinski definition) is 1. The van der Waals surface area contributed by atoms with Crippen molar-refractivity contribution in [2.24, 2.45) is 0 Å². The number of benzene rings is 3. The third-order valence-corrected chi connectivity index (χ3v) is 5.27. The summed E-state index contributed by atoms with van der Waals surface area (Å²) in [6, 6.07) is 17.0. The molecule has 2 aliphatic heterocycles. The van der Waals surface area contributed by atoms with Gasteiger partial charge in [0.05, 0.1) is 5.56 Å². The van der Waals surface area contributed by atoms with Crippen molar-refractivity contribution in [2.45, 2.75) is 6.17 Å².